The van der Waals surface area contributed by atoms with Crippen LogP contribution in [-0.4, -0.2) is 46.2 Å². The van der Waals surface area contributed by atoms with E-state index in [1.54, 1.807) is 12.3 Å². The van der Waals surface area contributed by atoms with Gasteiger partial charge >= 0.3 is 157 Å². The molecule has 0 spiro atoms. The first-order valence-corrected chi connectivity index (χ1v) is 15.8. The number of hydrogen-bond donors (Lipinski definition) is 0. The number of carbonyl (C=O) groups is 3. The monoisotopic (exact) mass is 462 g/mol. The van der Waals surface area contributed by atoms with Crippen molar-refractivity contribution in [2.24, 2.45) is 0 Å². The number of hydroxylamine groups is 2. The molecule has 2 amide bonds. The maximum absolute atomic E-state index is 12.4. The van der Waals surface area contributed by atoms with Gasteiger partial charge in [0, 0.05) is 0 Å². The van der Waals surface area contributed by atoms with Crippen LogP contribution in [-0.2, 0) is 14.4 Å². The van der Waals surface area contributed by atoms with Crippen LogP contribution in [0.2, 0.25) is 13.3 Å². The predicted molar refractivity (Wildman–Crippen MR) is 101 cm³/mol. The first kappa shape index (κ1) is 20.1. The Bertz CT molecular complexity index is 717. The van der Waals surface area contributed by atoms with E-state index < -0.39 is 36.2 Å². The standard InChI is InChI=1S/C10H7N2O4.3C3H5.Sn/c13-8-3-4-9(14)12(8)16-10(15)7-2-1-5-11-6-7;3*1-3-2;/h2,5-6H,3-4H2;3*3H,1-2H2;. The molecule has 0 N–H and O–H groups in total. The second kappa shape index (κ2) is 8.93. The van der Waals surface area contributed by atoms with Crippen LogP contribution in [0.5, 0.6) is 0 Å². The predicted octanol–water partition coefficient (Wildman–Crippen LogP) is 2.52. The quantitative estimate of drug-likeness (QED) is 0.321. The summed E-state index contributed by atoms with van der Waals surface area (Å²) in [4.78, 5) is 44.8. The number of allylic oxidation sites excluding steroid dienone is 3. The fraction of sp³-hybridized carbons (Fsp3) is 0.263. The number of carbonyl (C=O) groups excluding carboxylic acids is 3. The Morgan fingerprint density at radius 1 is 1.08 bits per heavy atom. The molecule has 136 valence electrons. The molecule has 7 heteroatoms. The Morgan fingerprint density at radius 2 is 1.62 bits per heavy atom. The van der Waals surface area contributed by atoms with E-state index in [-0.39, 0.29) is 18.4 Å². The van der Waals surface area contributed by atoms with Gasteiger partial charge in [-0.3, -0.25) is 0 Å². The van der Waals surface area contributed by atoms with Crippen molar-refractivity contribution >= 4 is 39.7 Å². The summed E-state index contributed by atoms with van der Waals surface area (Å²) in [5.41, 5.74) is 0.216. The van der Waals surface area contributed by atoms with E-state index >= 15 is 0 Å². The van der Waals surface area contributed by atoms with Crippen LogP contribution in [0, 0.1) is 0 Å². The van der Waals surface area contributed by atoms with Crippen LogP contribution in [0.25, 0.3) is 0 Å². The van der Waals surface area contributed by atoms with E-state index in [0.29, 0.717) is 5.06 Å². The SMILES string of the molecule is C=C[CH2][Sn]([CH2]C=C)([CH2]C=C)[c]1cncc(C(=O)ON2C(=O)CCC2=O)c1. The van der Waals surface area contributed by atoms with Crippen LogP contribution in [0.4, 0.5) is 0 Å². The van der Waals surface area contributed by atoms with Gasteiger partial charge in [-0.15, -0.1) is 0 Å². The Balaban J connectivity index is 2.32. The van der Waals surface area contributed by atoms with Gasteiger partial charge in [-0.05, 0) is 0 Å². The summed E-state index contributed by atoms with van der Waals surface area (Å²) < 4.78 is 3.59. The van der Waals surface area contributed by atoms with E-state index in [0.717, 1.165) is 16.9 Å². The molecule has 26 heavy (non-hydrogen) atoms. The Hall–Kier alpha value is -2.22. The topological polar surface area (TPSA) is 76.6 Å². The first-order chi connectivity index (χ1) is 12.5. The van der Waals surface area contributed by atoms with E-state index in [2.05, 4.69) is 24.7 Å². The zero-order valence-corrected chi connectivity index (χ0v) is 17.5. The molecule has 0 radical (unpaired) electrons. The molecule has 0 bridgehead atoms. The van der Waals surface area contributed by atoms with Gasteiger partial charge in [0.25, 0.3) is 0 Å². The summed E-state index contributed by atoms with van der Waals surface area (Å²) in [5.74, 6) is -1.78. The Kier molecular flexibility index (Phi) is 6.90. The molecule has 1 fully saturated rings. The molecule has 1 aliphatic rings. The molecule has 1 aliphatic heterocycles. The van der Waals surface area contributed by atoms with E-state index in [1.807, 2.05) is 18.2 Å². The second-order valence-corrected chi connectivity index (χ2v) is 18.6. The third-order valence-electron chi connectivity index (χ3n) is 4.37. The normalized spacial score (nSPS) is 14.2. The van der Waals surface area contributed by atoms with Crippen molar-refractivity contribution in [2.75, 3.05) is 0 Å². The van der Waals surface area contributed by atoms with Crippen molar-refractivity contribution in [3.8, 4) is 0 Å². The van der Waals surface area contributed by atoms with Crippen molar-refractivity contribution in [3.63, 3.8) is 0 Å². The molecule has 1 aromatic heterocycles. The van der Waals surface area contributed by atoms with Crippen LogP contribution in [0.3, 0.4) is 0 Å². The van der Waals surface area contributed by atoms with Gasteiger partial charge in [-0.25, -0.2) is 0 Å². The molecule has 1 aromatic rings. The van der Waals surface area contributed by atoms with Crippen LogP contribution < -0.4 is 3.58 Å². The average molecular weight is 461 g/mol. The molecule has 2 heterocycles. The first-order valence-electron chi connectivity index (χ1n) is 8.33. The summed E-state index contributed by atoms with van der Waals surface area (Å²) in [5, 5.41) is 0.544. The summed E-state index contributed by atoms with van der Waals surface area (Å²) in [7, 11) is 0. The molecule has 6 nitrogen and oxygen atoms in total. The van der Waals surface area contributed by atoms with Gasteiger partial charge in [-0.2, -0.15) is 0 Å². The van der Waals surface area contributed by atoms with Crippen molar-refractivity contribution in [1.29, 1.82) is 0 Å². The van der Waals surface area contributed by atoms with Crippen molar-refractivity contribution in [1.82, 2.24) is 10.0 Å². The molecule has 0 saturated carbocycles. The van der Waals surface area contributed by atoms with Crippen LogP contribution in [0.15, 0.2) is 56.4 Å². The van der Waals surface area contributed by atoms with E-state index in [4.69, 9.17) is 4.84 Å². The van der Waals surface area contributed by atoms with E-state index in [9.17, 15) is 14.4 Å². The van der Waals surface area contributed by atoms with Crippen molar-refractivity contribution in [3.05, 3.63) is 62.0 Å². The molecule has 0 aliphatic carbocycles. The van der Waals surface area contributed by atoms with E-state index in [1.165, 1.54) is 6.20 Å². The zero-order chi connectivity index (χ0) is 19.2. The van der Waals surface area contributed by atoms with Gasteiger partial charge in [-0.1, -0.05) is 0 Å². The van der Waals surface area contributed by atoms with Gasteiger partial charge in [0.05, 0.1) is 0 Å². The maximum atomic E-state index is 12.4. The summed E-state index contributed by atoms with van der Waals surface area (Å²) in [6.45, 7) is 11.6. The third kappa shape index (κ3) is 4.30. The molecule has 0 atom stereocenters. The van der Waals surface area contributed by atoms with Gasteiger partial charge in [0.1, 0.15) is 0 Å². The van der Waals surface area contributed by atoms with Gasteiger partial charge in [0.15, 0.2) is 0 Å². The summed E-state index contributed by atoms with van der Waals surface area (Å²) in [6.07, 6.45) is 8.96. The van der Waals surface area contributed by atoms with Gasteiger partial charge in [0.2, 0.25) is 0 Å². The molecule has 2 rings (SSSR count). The summed E-state index contributed by atoms with van der Waals surface area (Å²) in [6, 6.07) is 1.76. The molecule has 1 saturated heterocycles. The van der Waals surface area contributed by atoms with Crippen molar-refractivity contribution < 1.29 is 19.2 Å². The number of nitrogens with zero attached hydrogens (tertiary/aromatic N) is 2. The van der Waals surface area contributed by atoms with Crippen molar-refractivity contribution in [2.45, 2.75) is 26.2 Å². The summed E-state index contributed by atoms with van der Waals surface area (Å²) >= 11 is -2.98. The Labute approximate surface area is 157 Å². The number of pyridine rings is 1. The number of aromatic nitrogens is 1. The molecule has 0 aromatic carbocycles. The average Bonchev–Trinajstić information content (AvgIpc) is 2.94. The number of amides is 2. The fourth-order valence-electron chi connectivity index (χ4n) is 3.07. The second-order valence-electron chi connectivity index (χ2n) is 6.18. The zero-order valence-electron chi connectivity index (χ0n) is 14.6. The number of hydrogen-bond acceptors (Lipinski definition) is 5. The number of rotatable bonds is 9. The molecular weight excluding hydrogens is 439 g/mol. The third-order valence-corrected chi connectivity index (χ3v) is 17.8. The number of imide groups is 1. The van der Waals surface area contributed by atoms with Crippen LogP contribution >= 0.6 is 0 Å². The Morgan fingerprint density at radius 3 is 2.12 bits per heavy atom. The van der Waals surface area contributed by atoms with Gasteiger partial charge < -0.3 is 0 Å². The molecule has 0 unspecified atom stereocenters. The minimum absolute atomic E-state index is 0.0575. The van der Waals surface area contributed by atoms with Crippen LogP contribution in [0.1, 0.15) is 23.2 Å². The molecular formula is C19H22N2O4Sn. The fourth-order valence-corrected chi connectivity index (χ4v) is 13.6. The minimum atomic E-state index is -2.98.